The molecular weight excluding hydrogens is 226 g/mol. The molecule has 2 rings (SSSR count). The second-order valence-corrected chi connectivity index (χ2v) is 4.06. The normalized spacial score (nSPS) is 10.1. The number of aromatic nitrogens is 1. The minimum absolute atomic E-state index is 0.166. The first-order valence-corrected chi connectivity index (χ1v) is 5.82. The first kappa shape index (κ1) is 12.3. The highest BCUT2D eigenvalue weighted by molar-refractivity contribution is 5.82. The number of pyridine rings is 1. The topological polar surface area (TPSA) is 39.2 Å². The van der Waals surface area contributed by atoms with E-state index in [1.54, 1.807) is 13.3 Å². The van der Waals surface area contributed by atoms with Gasteiger partial charge >= 0.3 is 0 Å². The van der Waals surface area contributed by atoms with Crippen LogP contribution in [0.4, 0.5) is 0 Å². The zero-order chi connectivity index (χ0) is 12.8. The van der Waals surface area contributed by atoms with Gasteiger partial charge in [0.2, 0.25) is 0 Å². The van der Waals surface area contributed by atoms with Crippen LogP contribution in [0.25, 0.3) is 0 Å². The number of carbonyl (C=O) groups excluding carboxylic acids is 1. The number of benzene rings is 1. The highest BCUT2D eigenvalue weighted by atomic mass is 16.5. The molecule has 1 heterocycles. The summed E-state index contributed by atoms with van der Waals surface area (Å²) in [4.78, 5) is 16.0. The van der Waals surface area contributed by atoms with Crippen molar-refractivity contribution >= 4 is 5.78 Å². The molecule has 0 N–H and O–H groups in total. The van der Waals surface area contributed by atoms with Crippen LogP contribution in [0.5, 0.6) is 5.75 Å². The zero-order valence-electron chi connectivity index (χ0n) is 10.3. The predicted octanol–water partition coefficient (Wildman–Crippen LogP) is 2.44. The Hall–Kier alpha value is -2.16. The van der Waals surface area contributed by atoms with Crippen molar-refractivity contribution in [1.29, 1.82) is 0 Å². The smallest absolute Gasteiger partial charge is 0.143 e. The molecule has 0 aliphatic carbocycles. The van der Waals surface area contributed by atoms with Crippen LogP contribution in [0.3, 0.4) is 0 Å². The van der Waals surface area contributed by atoms with Gasteiger partial charge in [0.15, 0.2) is 0 Å². The number of hydrogen-bond acceptors (Lipinski definition) is 3. The van der Waals surface area contributed by atoms with Crippen molar-refractivity contribution in [3.05, 3.63) is 59.9 Å². The second kappa shape index (κ2) is 5.96. The van der Waals surface area contributed by atoms with Crippen LogP contribution in [-0.2, 0) is 17.6 Å². The monoisotopic (exact) mass is 241 g/mol. The molecule has 3 nitrogen and oxygen atoms in total. The third kappa shape index (κ3) is 3.42. The number of ketones is 1. The van der Waals surface area contributed by atoms with E-state index in [0.29, 0.717) is 12.8 Å². The Bertz CT molecular complexity index is 506. The van der Waals surface area contributed by atoms with E-state index in [4.69, 9.17) is 4.74 Å². The van der Waals surface area contributed by atoms with Gasteiger partial charge in [-0.3, -0.25) is 9.78 Å². The molecule has 0 saturated heterocycles. The number of carbonyl (C=O) groups is 1. The first-order valence-electron chi connectivity index (χ1n) is 5.82. The summed E-state index contributed by atoms with van der Waals surface area (Å²) in [5.74, 6) is 0.967. The van der Waals surface area contributed by atoms with Gasteiger partial charge in [0, 0.05) is 24.7 Å². The van der Waals surface area contributed by atoms with Gasteiger partial charge in [0.05, 0.1) is 7.11 Å². The average Bonchev–Trinajstić information content (AvgIpc) is 2.40. The largest absolute Gasteiger partial charge is 0.497 e. The van der Waals surface area contributed by atoms with E-state index in [0.717, 1.165) is 17.0 Å². The van der Waals surface area contributed by atoms with Gasteiger partial charge in [-0.25, -0.2) is 0 Å². The van der Waals surface area contributed by atoms with Gasteiger partial charge in [0.25, 0.3) is 0 Å². The molecule has 0 radical (unpaired) electrons. The molecule has 1 aromatic heterocycles. The van der Waals surface area contributed by atoms with Crippen LogP contribution >= 0.6 is 0 Å². The molecule has 0 saturated carbocycles. The molecule has 0 unspecified atom stereocenters. The van der Waals surface area contributed by atoms with E-state index in [1.807, 2.05) is 42.5 Å². The molecular formula is C15H15NO2. The van der Waals surface area contributed by atoms with Crippen molar-refractivity contribution in [3.8, 4) is 5.75 Å². The molecule has 0 fully saturated rings. The maximum atomic E-state index is 11.9. The van der Waals surface area contributed by atoms with E-state index in [2.05, 4.69) is 4.98 Å². The fraction of sp³-hybridized carbons (Fsp3) is 0.200. The van der Waals surface area contributed by atoms with Crippen LogP contribution in [0, 0.1) is 0 Å². The Morgan fingerprint density at radius 2 is 1.89 bits per heavy atom. The van der Waals surface area contributed by atoms with Crippen LogP contribution in [-0.4, -0.2) is 17.9 Å². The molecule has 0 aliphatic rings. The van der Waals surface area contributed by atoms with Crippen LogP contribution < -0.4 is 4.74 Å². The van der Waals surface area contributed by atoms with Crippen molar-refractivity contribution < 1.29 is 9.53 Å². The number of ether oxygens (including phenoxy) is 1. The molecule has 18 heavy (non-hydrogen) atoms. The van der Waals surface area contributed by atoms with Gasteiger partial charge in [-0.2, -0.15) is 0 Å². The van der Waals surface area contributed by atoms with Crippen molar-refractivity contribution in [2.24, 2.45) is 0 Å². The summed E-state index contributed by atoms with van der Waals surface area (Å²) in [5.41, 5.74) is 1.81. The SMILES string of the molecule is COc1ccc(CC(=O)Cc2ccccn2)cc1. The third-order valence-corrected chi connectivity index (χ3v) is 2.66. The lowest BCUT2D eigenvalue weighted by Crippen LogP contribution is -2.07. The number of methoxy groups -OCH3 is 1. The number of Topliss-reactive ketones (excluding diaryl/α,β-unsaturated/α-hetero) is 1. The van der Waals surface area contributed by atoms with Gasteiger partial charge in [-0.15, -0.1) is 0 Å². The minimum atomic E-state index is 0.166. The number of rotatable bonds is 5. The van der Waals surface area contributed by atoms with Gasteiger partial charge in [-0.1, -0.05) is 18.2 Å². The van der Waals surface area contributed by atoms with E-state index < -0.39 is 0 Å². The Morgan fingerprint density at radius 3 is 2.50 bits per heavy atom. The minimum Gasteiger partial charge on any atom is -0.497 e. The standard InChI is InChI=1S/C15H15NO2/c1-18-15-7-5-12(6-8-15)10-14(17)11-13-4-2-3-9-16-13/h2-9H,10-11H2,1H3. The lowest BCUT2D eigenvalue weighted by Gasteiger charge is -2.03. The molecule has 0 spiro atoms. The molecule has 0 atom stereocenters. The zero-order valence-corrected chi connectivity index (χ0v) is 10.3. The Morgan fingerprint density at radius 1 is 1.11 bits per heavy atom. The van der Waals surface area contributed by atoms with E-state index in [1.165, 1.54) is 0 Å². The highest BCUT2D eigenvalue weighted by Crippen LogP contribution is 2.12. The summed E-state index contributed by atoms with van der Waals surface area (Å²) in [7, 11) is 1.63. The summed E-state index contributed by atoms with van der Waals surface area (Å²) in [6.07, 6.45) is 2.52. The Labute approximate surface area is 106 Å². The Balaban J connectivity index is 1.94. The van der Waals surface area contributed by atoms with Crippen LogP contribution in [0.1, 0.15) is 11.3 Å². The average molecular weight is 241 g/mol. The lowest BCUT2D eigenvalue weighted by molar-refractivity contribution is -0.117. The van der Waals surface area contributed by atoms with E-state index in [9.17, 15) is 4.79 Å². The number of hydrogen-bond donors (Lipinski definition) is 0. The van der Waals surface area contributed by atoms with Gasteiger partial charge in [-0.05, 0) is 29.8 Å². The third-order valence-electron chi connectivity index (χ3n) is 2.66. The van der Waals surface area contributed by atoms with E-state index >= 15 is 0 Å². The maximum Gasteiger partial charge on any atom is 0.143 e. The quantitative estimate of drug-likeness (QED) is 0.807. The van der Waals surface area contributed by atoms with Crippen molar-refractivity contribution in [2.45, 2.75) is 12.8 Å². The first-order chi connectivity index (χ1) is 8.78. The fourth-order valence-electron chi connectivity index (χ4n) is 1.74. The fourth-order valence-corrected chi connectivity index (χ4v) is 1.74. The predicted molar refractivity (Wildman–Crippen MR) is 69.6 cm³/mol. The lowest BCUT2D eigenvalue weighted by atomic mass is 10.1. The van der Waals surface area contributed by atoms with Crippen molar-refractivity contribution in [2.75, 3.05) is 7.11 Å². The van der Waals surface area contributed by atoms with Gasteiger partial charge < -0.3 is 4.74 Å². The van der Waals surface area contributed by atoms with Gasteiger partial charge in [0.1, 0.15) is 11.5 Å². The van der Waals surface area contributed by atoms with E-state index in [-0.39, 0.29) is 5.78 Å². The summed E-state index contributed by atoms with van der Waals surface area (Å²) in [6, 6.07) is 13.2. The maximum absolute atomic E-state index is 11.9. The second-order valence-electron chi connectivity index (χ2n) is 4.06. The molecule has 0 aliphatic heterocycles. The molecule has 92 valence electrons. The molecule has 0 amide bonds. The molecule has 0 bridgehead atoms. The molecule has 2 aromatic rings. The van der Waals surface area contributed by atoms with Crippen LogP contribution in [0.15, 0.2) is 48.7 Å². The summed E-state index contributed by atoms with van der Waals surface area (Å²) >= 11 is 0. The number of nitrogens with zero attached hydrogens (tertiary/aromatic N) is 1. The molecule has 3 heteroatoms. The van der Waals surface area contributed by atoms with Crippen LogP contribution in [0.2, 0.25) is 0 Å². The summed E-state index contributed by atoms with van der Waals surface area (Å²) in [6.45, 7) is 0. The van der Waals surface area contributed by atoms with Crippen molar-refractivity contribution in [1.82, 2.24) is 4.98 Å². The summed E-state index contributed by atoms with van der Waals surface area (Å²) in [5, 5.41) is 0. The molecule has 1 aromatic carbocycles. The highest BCUT2D eigenvalue weighted by Gasteiger charge is 2.06. The summed E-state index contributed by atoms with van der Waals surface area (Å²) < 4.78 is 5.07. The Kier molecular flexibility index (Phi) is 4.07. The van der Waals surface area contributed by atoms with Crippen molar-refractivity contribution in [3.63, 3.8) is 0 Å².